The SMILES string of the molecule is Fc1ccccc1Cl.O=C(O)c1cccn(CC2CNCCOC2)c1=O. The molecule has 1 saturated heterocycles. The zero-order valence-electron chi connectivity index (χ0n) is 14.0. The molecule has 2 aromatic rings. The summed E-state index contributed by atoms with van der Waals surface area (Å²) >= 11 is 5.33. The van der Waals surface area contributed by atoms with E-state index in [0.717, 1.165) is 13.1 Å². The van der Waals surface area contributed by atoms with Crippen molar-refractivity contribution in [2.45, 2.75) is 6.54 Å². The van der Waals surface area contributed by atoms with Crippen LogP contribution in [0.4, 0.5) is 4.39 Å². The molecule has 1 aliphatic rings. The fourth-order valence-electron chi connectivity index (χ4n) is 2.44. The Kier molecular flexibility index (Phi) is 7.77. The number of ether oxygens (including phenoxy) is 1. The van der Waals surface area contributed by atoms with Crippen LogP contribution in [0.5, 0.6) is 0 Å². The number of benzene rings is 1. The predicted molar refractivity (Wildman–Crippen MR) is 96.3 cm³/mol. The molecule has 1 aromatic carbocycles. The van der Waals surface area contributed by atoms with Gasteiger partial charge in [-0.25, -0.2) is 9.18 Å². The maximum Gasteiger partial charge on any atom is 0.341 e. The van der Waals surface area contributed by atoms with Crippen LogP contribution in [-0.2, 0) is 11.3 Å². The molecule has 3 rings (SSSR count). The highest BCUT2D eigenvalue weighted by Gasteiger charge is 2.16. The van der Waals surface area contributed by atoms with Crippen LogP contribution in [0.3, 0.4) is 0 Å². The monoisotopic (exact) mass is 382 g/mol. The molecular weight excluding hydrogens is 363 g/mol. The fourth-order valence-corrected chi connectivity index (χ4v) is 2.57. The molecule has 0 bridgehead atoms. The van der Waals surface area contributed by atoms with Gasteiger partial charge in [0, 0.05) is 31.7 Å². The van der Waals surface area contributed by atoms with Crippen molar-refractivity contribution in [1.82, 2.24) is 9.88 Å². The Balaban J connectivity index is 0.000000254. The smallest absolute Gasteiger partial charge is 0.341 e. The van der Waals surface area contributed by atoms with Gasteiger partial charge >= 0.3 is 5.97 Å². The average Bonchev–Trinajstić information content (AvgIpc) is 2.88. The molecule has 6 nitrogen and oxygen atoms in total. The number of rotatable bonds is 3. The van der Waals surface area contributed by atoms with Crippen molar-refractivity contribution in [2.24, 2.45) is 5.92 Å². The van der Waals surface area contributed by atoms with Crippen LogP contribution >= 0.6 is 11.6 Å². The summed E-state index contributed by atoms with van der Waals surface area (Å²) in [7, 11) is 0. The van der Waals surface area contributed by atoms with E-state index in [1.165, 1.54) is 22.8 Å². The normalized spacial score (nSPS) is 16.9. The number of aromatic nitrogens is 1. The first-order valence-corrected chi connectivity index (χ1v) is 8.48. The summed E-state index contributed by atoms with van der Waals surface area (Å²) in [5.74, 6) is -1.38. The van der Waals surface area contributed by atoms with Crippen molar-refractivity contribution in [2.75, 3.05) is 26.3 Å². The van der Waals surface area contributed by atoms with Gasteiger partial charge in [-0.3, -0.25) is 4.79 Å². The topological polar surface area (TPSA) is 80.6 Å². The lowest BCUT2D eigenvalue weighted by Gasteiger charge is -2.15. The summed E-state index contributed by atoms with van der Waals surface area (Å²) in [4.78, 5) is 22.8. The standard InChI is InChI=1S/C12H16N2O4.C6H4ClF/c15-11-10(12(16)17)2-1-4-14(11)7-9-6-13-3-5-18-8-9;7-5-3-1-2-4-6(5)8/h1-2,4,9,13H,3,5-8H2,(H,16,17);1-4H. The zero-order chi connectivity index (χ0) is 18.9. The number of halogens is 2. The van der Waals surface area contributed by atoms with Gasteiger partial charge in [-0.15, -0.1) is 0 Å². The molecule has 2 N–H and O–H groups in total. The molecule has 0 spiro atoms. The van der Waals surface area contributed by atoms with Crippen LogP contribution in [0.2, 0.25) is 5.02 Å². The minimum Gasteiger partial charge on any atom is -0.477 e. The Bertz CT molecular complexity index is 768. The lowest BCUT2D eigenvalue weighted by molar-refractivity contribution is 0.0693. The molecule has 1 atom stereocenters. The Morgan fingerprint density at radius 2 is 2.12 bits per heavy atom. The van der Waals surface area contributed by atoms with Gasteiger partial charge in [0.2, 0.25) is 0 Å². The first kappa shape index (κ1) is 20.1. The van der Waals surface area contributed by atoms with E-state index >= 15 is 0 Å². The number of pyridine rings is 1. The molecule has 1 unspecified atom stereocenters. The third-order valence-electron chi connectivity index (χ3n) is 3.74. The Labute approximate surface area is 155 Å². The highest BCUT2D eigenvalue weighted by Crippen LogP contribution is 2.11. The van der Waals surface area contributed by atoms with Crippen LogP contribution < -0.4 is 10.9 Å². The van der Waals surface area contributed by atoms with E-state index in [9.17, 15) is 14.0 Å². The molecule has 1 fully saturated rings. The number of aromatic carboxylic acids is 1. The van der Waals surface area contributed by atoms with Crippen molar-refractivity contribution < 1.29 is 19.0 Å². The van der Waals surface area contributed by atoms with Gasteiger partial charge in [-0.1, -0.05) is 23.7 Å². The Morgan fingerprint density at radius 3 is 2.77 bits per heavy atom. The maximum atomic E-state index is 12.2. The van der Waals surface area contributed by atoms with E-state index in [2.05, 4.69) is 5.32 Å². The summed E-state index contributed by atoms with van der Waals surface area (Å²) in [6.07, 6.45) is 1.61. The van der Waals surface area contributed by atoms with E-state index in [-0.39, 0.29) is 22.3 Å². The third-order valence-corrected chi connectivity index (χ3v) is 4.05. The summed E-state index contributed by atoms with van der Waals surface area (Å²) < 4.78 is 19.0. The van der Waals surface area contributed by atoms with E-state index in [1.807, 2.05) is 0 Å². The minimum absolute atomic E-state index is 0.174. The maximum absolute atomic E-state index is 12.2. The van der Waals surface area contributed by atoms with Crippen LogP contribution in [-0.4, -0.2) is 41.9 Å². The zero-order valence-corrected chi connectivity index (χ0v) is 14.8. The Morgan fingerprint density at radius 1 is 1.35 bits per heavy atom. The third kappa shape index (κ3) is 5.94. The van der Waals surface area contributed by atoms with Gasteiger partial charge in [0.1, 0.15) is 11.4 Å². The predicted octanol–water partition coefficient (Wildman–Crippen LogP) is 2.26. The fraction of sp³-hybridized carbons (Fsp3) is 0.333. The number of hydrogen-bond acceptors (Lipinski definition) is 4. The van der Waals surface area contributed by atoms with E-state index in [1.54, 1.807) is 24.4 Å². The molecule has 0 aliphatic carbocycles. The van der Waals surface area contributed by atoms with Gasteiger partial charge in [0.05, 0.1) is 18.2 Å². The molecule has 140 valence electrons. The van der Waals surface area contributed by atoms with Crippen LogP contribution in [0.1, 0.15) is 10.4 Å². The number of nitrogens with one attached hydrogen (secondary N) is 1. The number of carbonyl (C=O) groups is 1. The first-order valence-electron chi connectivity index (χ1n) is 8.10. The minimum atomic E-state index is -1.19. The number of carboxylic acid groups (broad SMARTS) is 1. The number of hydrogen-bond donors (Lipinski definition) is 2. The van der Waals surface area contributed by atoms with Gasteiger partial charge in [-0.2, -0.15) is 0 Å². The second-order valence-corrected chi connectivity index (χ2v) is 6.15. The van der Waals surface area contributed by atoms with Crippen molar-refractivity contribution in [3.63, 3.8) is 0 Å². The lowest BCUT2D eigenvalue weighted by Crippen LogP contribution is -2.32. The summed E-state index contributed by atoms with van der Waals surface area (Å²) in [6.45, 7) is 3.29. The second-order valence-electron chi connectivity index (χ2n) is 5.74. The number of nitrogens with zero attached hydrogens (tertiary/aromatic N) is 1. The van der Waals surface area contributed by atoms with Gasteiger partial charge in [0.25, 0.3) is 5.56 Å². The molecule has 0 saturated carbocycles. The highest BCUT2D eigenvalue weighted by atomic mass is 35.5. The van der Waals surface area contributed by atoms with Gasteiger partial charge in [-0.05, 0) is 24.3 Å². The second kappa shape index (κ2) is 10.1. The average molecular weight is 383 g/mol. The molecule has 2 heterocycles. The first-order chi connectivity index (χ1) is 12.5. The number of carboxylic acids is 1. The van der Waals surface area contributed by atoms with Crippen LogP contribution in [0.15, 0.2) is 47.4 Å². The van der Waals surface area contributed by atoms with E-state index in [0.29, 0.717) is 19.8 Å². The molecule has 8 heteroatoms. The van der Waals surface area contributed by atoms with E-state index in [4.69, 9.17) is 21.4 Å². The molecule has 0 radical (unpaired) electrons. The lowest BCUT2D eigenvalue weighted by atomic mass is 10.1. The van der Waals surface area contributed by atoms with Crippen molar-refractivity contribution >= 4 is 17.6 Å². The highest BCUT2D eigenvalue weighted by molar-refractivity contribution is 6.30. The van der Waals surface area contributed by atoms with Gasteiger partial charge < -0.3 is 19.7 Å². The van der Waals surface area contributed by atoms with Crippen LogP contribution in [0, 0.1) is 11.7 Å². The van der Waals surface area contributed by atoms with Crippen molar-refractivity contribution in [1.29, 1.82) is 0 Å². The molecular formula is C18H20ClFN2O4. The summed E-state index contributed by atoms with van der Waals surface area (Å²) in [5.41, 5.74) is -0.658. The Hall–Kier alpha value is -2.22. The van der Waals surface area contributed by atoms with E-state index < -0.39 is 11.5 Å². The van der Waals surface area contributed by atoms with Crippen LogP contribution in [0.25, 0.3) is 0 Å². The summed E-state index contributed by atoms with van der Waals surface area (Å²) in [5, 5.41) is 12.3. The quantitative estimate of drug-likeness (QED) is 0.851. The molecule has 26 heavy (non-hydrogen) atoms. The molecule has 1 aliphatic heterocycles. The molecule has 1 aromatic heterocycles. The largest absolute Gasteiger partial charge is 0.477 e. The molecule has 0 amide bonds. The van der Waals surface area contributed by atoms with Crippen molar-refractivity contribution in [3.8, 4) is 0 Å². The van der Waals surface area contributed by atoms with Gasteiger partial charge in [0.15, 0.2) is 0 Å². The van der Waals surface area contributed by atoms with Crippen molar-refractivity contribution in [3.05, 3.63) is 69.4 Å². The summed E-state index contributed by atoms with van der Waals surface area (Å²) in [6, 6.07) is 9.02.